The van der Waals surface area contributed by atoms with Gasteiger partial charge in [0.15, 0.2) is 0 Å². The van der Waals surface area contributed by atoms with Crippen LogP contribution in [-0.4, -0.2) is 16.2 Å². The summed E-state index contributed by atoms with van der Waals surface area (Å²) in [6, 6.07) is 2.46. The molecular weight excluding hydrogens is 206 g/mol. The Hall–Kier alpha value is -1.81. The van der Waals surface area contributed by atoms with E-state index in [2.05, 4.69) is 6.58 Å². The first kappa shape index (κ1) is 12.3. The molecule has 0 heterocycles. The van der Waals surface area contributed by atoms with Crippen molar-refractivity contribution in [1.29, 1.82) is 0 Å². The van der Waals surface area contributed by atoms with Crippen molar-refractivity contribution in [2.45, 2.75) is 19.4 Å². The van der Waals surface area contributed by atoms with Crippen molar-refractivity contribution in [1.82, 2.24) is 0 Å². The SMILES string of the molecule is C=CC[C@@H](N)c1c(C(=O)O)ccc(C)c1O. The summed E-state index contributed by atoms with van der Waals surface area (Å²) < 4.78 is 0. The average Bonchev–Trinajstić information content (AvgIpc) is 2.21. The van der Waals surface area contributed by atoms with Crippen molar-refractivity contribution in [2.75, 3.05) is 0 Å². The molecule has 0 saturated heterocycles. The number of aromatic carboxylic acids is 1. The first-order valence-corrected chi connectivity index (χ1v) is 4.91. The molecule has 0 aliphatic rings. The fraction of sp³-hybridized carbons (Fsp3) is 0.250. The van der Waals surface area contributed by atoms with Crippen LogP contribution in [0.25, 0.3) is 0 Å². The van der Waals surface area contributed by atoms with Gasteiger partial charge in [0.2, 0.25) is 0 Å². The lowest BCUT2D eigenvalue weighted by atomic mass is 9.95. The largest absolute Gasteiger partial charge is 0.507 e. The number of phenolic OH excluding ortho intramolecular Hbond substituents is 1. The molecule has 0 aromatic heterocycles. The number of phenols is 1. The van der Waals surface area contributed by atoms with Crippen LogP contribution in [0.4, 0.5) is 0 Å². The summed E-state index contributed by atoms with van der Waals surface area (Å²) in [5.41, 5.74) is 6.74. The smallest absolute Gasteiger partial charge is 0.336 e. The van der Waals surface area contributed by atoms with Gasteiger partial charge in [0.1, 0.15) is 5.75 Å². The number of aryl methyl sites for hydroxylation is 1. The number of nitrogens with two attached hydrogens (primary N) is 1. The van der Waals surface area contributed by atoms with Crippen LogP contribution in [0, 0.1) is 6.92 Å². The fourth-order valence-electron chi connectivity index (χ4n) is 1.58. The first-order valence-electron chi connectivity index (χ1n) is 4.91. The first-order chi connectivity index (χ1) is 7.49. The highest BCUT2D eigenvalue weighted by atomic mass is 16.4. The molecule has 4 N–H and O–H groups in total. The van der Waals surface area contributed by atoms with Crippen molar-refractivity contribution >= 4 is 5.97 Å². The van der Waals surface area contributed by atoms with Crippen LogP contribution in [0.1, 0.15) is 33.9 Å². The summed E-state index contributed by atoms with van der Waals surface area (Å²) in [7, 11) is 0. The van der Waals surface area contributed by atoms with E-state index < -0.39 is 12.0 Å². The normalized spacial score (nSPS) is 12.1. The average molecular weight is 221 g/mol. The van der Waals surface area contributed by atoms with Gasteiger partial charge >= 0.3 is 5.97 Å². The molecule has 0 radical (unpaired) electrons. The van der Waals surface area contributed by atoms with Gasteiger partial charge in [-0.2, -0.15) is 0 Å². The molecule has 4 nitrogen and oxygen atoms in total. The zero-order valence-corrected chi connectivity index (χ0v) is 9.10. The Morgan fingerprint density at radius 3 is 2.75 bits per heavy atom. The van der Waals surface area contributed by atoms with Gasteiger partial charge in [0.05, 0.1) is 5.56 Å². The quantitative estimate of drug-likeness (QED) is 0.679. The lowest BCUT2D eigenvalue weighted by Gasteiger charge is -2.16. The maximum Gasteiger partial charge on any atom is 0.336 e. The number of carboxylic acid groups (broad SMARTS) is 1. The lowest BCUT2D eigenvalue weighted by molar-refractivity contribution is 0.0694. The van der Waals surface area contributed by atoms with Crippen LogP contribution in [0.2, 0.25) is 0 Å². The third kappa shape index (κ3) is 2.23. The van der Waals surface area contributed by atoms with E-state index >= 15 is 0 Å². The Morgan fingerprint density at radius 2 is 2.25 bits per heavy atom. The lowest BCUT2D eigenvalue weighted by Crippen LogP contribution is -2.15. The van der Waals surface area contributed by atoms with Gasteiger partial charge in [-0.25, -0.2) is 4.79 Å². The Balaban J connectivity index is 3.36. The van der Waals surface area contributed by atoms with Crippen LogP contribution < -0.4 is 5.73 Å². The Kier molecular flexibility index (Phi) is 3.68. The molecule has 0 saturated carbocycles. The molecule has 1 aromatic carbocycles. The molecule has 1 atom stereocenters. The Bertz CT molecular complexity index is 427. The predicted molar refractivity (Wildman–Crippen MR) is 61.5 cm³/mol. The van der Waals surface area contributed by atoms with Crippen LogP contribution in [0.3, 0.4) is 0 Å². The molecule has 0 amide bonds. The minimum Gasteiger partial charge on any atom is -0.507 e. The third-order valence-corrected chi connectivity index (χ3v) is 2.44. The predicted octanol–water partition coefficient (Wildman–Crippen LogP) is 1.97. The second-order valence-corrected chi connectivity index (χ2v) is 3.63. The molecule has 1 aromatic rings. The van der Waals surface area contributed by atoms with Crippen LogP contribution >= 0.6 is 0 Å². The van der Waals surface area contributed by atoms with Crippen LogP contribution in [0.5, 0.6) is 5.75 Å². The van der Waals surface area contributed by atoms with Crippen molar-refractivity contribution in [3.8, 4) is 5.75 Å². The molecule has 0 spiro atoms. The molecule has 16 heavy (non-hydrogen) atoms. The topological polar surface area (TPSA) is 83.6 Å². The molecule has 0 unspecified atom stereocenters. The van der Waals surface area contributed by atoms with E-state index in [1.54, 1.807) is 19.1 Å². The van der Waals surface area contributed by atoms with Gasteiger partial charge in [-0.05, 0) is 25.0 Å². The molecule has 0 aliphatic carbocycles. The standard InChI is InChI=1S/C12H15NO3/c1-3-4-9(13)10-8(12(15)16)6-5-7(2)11(10)14/h3,5-6,9,14H,1,4,13H2,2H3,(H,15,16)/t9-/m1/s1. The highest BCUT2D eigenvalue weighted by Gasteiger charge is 2.20. The number of carboxylic acids is 1. The van der Waals surface area contributed by atoms with Gasteiger partial charge in [-0.3, -0.25) is 0 Å². The van der Waals surface area contributed by atoms with Crippen molar-refractivity contribution in [3.05, 3.63) is 41.5 Å². The minimum atomic E-state index is -1.09. The number of hydrogen-bond acceptors (Lipinski definition) is 3. The molecule has 0 fully saturated rings. The second kappa shape index (κ2) is 4.81. The maximum absolute atomic E-state index is 11.0. The number of benzene rings is 1. The van der Waals surface area contributed by atoms with Crippen molar-refractivity contribution in [2.24, 2.45) is 5.73 Å². The summed E-state index contributed by atoms with van der Waals surface area (Å²) in [5, 5.41) is 18.9. The molecule has 4 heteroatoms. The monoisotopic (exact) mass is 221 g/mol. The molecule has 0 aliphatic heterocycles. The molecule has 0 bridgehead atoms. The summed E-state index contributed by atoms with van der Waals surface area (Å²) in [5.74, 6) is -1.14. The van der Waals surface area contributed by atoms with Gasteiger partial charge in [0.25, 0.3) is 0 Å². The summed E-state index contributed by atoms with van der Waals surface area (Å²) >= 11 is 0. The van der Waals surface area contributed by atoms with Gasteiger partial charge in [-0.15, -0.1) is 6.58 Å². The molecule has 86 valence electrons. The Labute approximate surface area is 94.0 Å². The zero-order valence-electron chi connectivity index (χ0n) is 9.10. The van der Waals surface area contributed by atoms with E-state index in [-0.39, 0.29) is 16.9 Å². The fourth-order valence-corrected chi connectivity index (χ4v) is 1.58. The molecular formula is C12H15NO3. The highest BCUT2D eigenvalue weighted by molar-refractivity contribution is 5.90. The van der Waals surface area contributed by atoms with E-state index in [1.165, 1.54) is 6.07 Å². The Morgan fingerprint density at radius 1 is 1.62 bits per heavy atom. The zero-order chi connectivity index (χ0) is 12.3. The molecule has 1 rings (SSSR count). The van der Waals surface area contributed by atoms with E-state index in [4.69, 9.17) is 10.8 Å². The third-order valence-electron chi connectivity index (χ3n) is 2.44. The van der Waals surface area contributed by atoms with E-state index in [9.17, 15) is 9.90 Å². The van der Waals surface area contributed by atoms with Gasteiger partial charge < -0.3 is 15.9 Å². The number of aromatic hydroxyl groups is 1. The van der Waals surface area contributed by atoms with E-state index in [0.717, 1.165) is 0 Å². The van der Waals surface area contributed by atoms with Gasteiger partial charge in [0, 0.05) is 11.6 Å². The highest BCUT2D eigenvalue weighted by Crippen LogP contribution is 2.31. The maximum atomic E-state index is 11.0. The number of rotatable bonds is 4. The van der Waals surface area contributed by atoms with Crippen LogP contribution in [-0.2, 0) is 0 Å². The van der Waals surface area contributed by atoms with Gasteiger partial charge in [-0.1, -0.05) is 12.1 Å². The van der Waals surface area contributed by atoms with E-state index in [1.807, 2.05) is 0 Å². The second-order valence-electron chi connectivity index (χ2n) is 3.63. The van der Waals surface area contributed by atoms with Crippen LogP contribution in [0.15, 0.2) is 24.8 Å². The number of carbonyl (C=O) groups is 1. The minimum absolute atomic E-state index is 0.0393. The number of hydrogen-bond donors (Lipinski definition) is 3. The summed E-state index contributed by atoms with van der Waals surface area (Å²) in [4.78, 5) is 11.0. The summed E-state index contributed by atoms with van der Waals surface area (Å²) in [6.07, 6.45) is 2.01. The summed E-state index contributed by atoms with van der Waals surface area (Å²) in [6.45, 7) is 5.24. The van der Waals surface area contributed by atoms with Crippen molar-refractivity contribution in [3.63, 3.8) is 0 Å². The van der Waals surface area contributed by atoms with Crippen molar-refractivity contribution < 1.29 is 15.0 Å². The van der Waals surface area contributed by atoms with E-state index in [0.29, 0.717) is 12.0 Å².